The van der Waals surface area contributed by atoms with Crippen molar-refractivity contribution in [3.63, 3.8) is 0 Å². The molecule has 1 aliphatic rings. The topological polar surface area (TPSA) is 64.9 Å². The monoisotopic (exact) mass is 425 g/mol. The SMILES string of the molecule is Cl.NC1(c2noc(-c3ccc(Cl)c(I)c3)n2)CCCC1. The third kappa shape index (κ3) is 2.95. The summed E-state index contributed by atoms with van der Waals surface area (Å²) in [6, 6.07) is 5.63. The molecule has 0 unspecified atom stereocenters. The van der Waals surface area contributed by atoms with Crippen molar-refractivity contribution in [3.05, 3.63) is 32.6 Å². The number of halogens is 3. The Bertz CT molecular complexity index is 611. The molecule has 1 heterocycles. The minimum absolute atomic E-state index is 0. The lowest BCUT2D eigenvalue weighted by Gasteiger charge is -2.17. The summed E-state index contributed by atoms with van der Waals surface area (Å²) in [5.41, 5.74) is 6.77. The van der Waals surface area contributed by atoms with Crippen LogP contribution in [0.5, 0.6) is 0 Å². The second-order valence-corrected chi connectivity index (χ2v) is 6.48. The fourth-order valence-electron chi connectivity index (χ4n) is 2.40. The van der Waals surface area contributed by atoms with E-state index in [1.54, 1.807) is 0 Å². The van der Waals surface area contributed by atoms with Gasteiger partial charge in [0.25, 0.3) is 5.89 Å². The van der Waals surface area contributed by atoms with E-state index in [0.29, 0.717) is 11.7 Å². The van der Waals surface area contributed by atoms with Crippen LogP contribution >= 0.6 is 46.6 Å². The van der Waals surface area contributed by atoms with Gasteiger partial charge in [-0.25, -0.2) is 0 Å². The van der Waals surface area contributed by atoms with Gasteiger partial charge in [0, 0.05) is 9.13 Å². The van der Waals surface area contributed by atoms with Crippen LogP contribution in [0.1, 0.15) is 31.5 Å². The van der Waals surface area contributed by atoms with Crippen molar-refractivity contribution in [2.75, 3.05) is 0 Å². The first kappa shape index (κ1) is 16.0. The Labute approximate surface area is 142 Å². The fourth-order valence-corrected chi connectivity index (χ4v) is 3.03. The van der Waals surface area contributed by atoms with Crippen LogP contribution in [0.25, 0.3) is 11.5 Å². The zero-order valence-corrected chi connectivity index (χ0v) is 14.3. The lowest BCUT2D eigenvalue weighted by atomic mass is 9.99. The van der Waals surface area contributed by atoms with Crippen molar-refractivity contribution >= 4 is 46.6 Å². The van der Waals surface area contributed by atoms with Gasteiger partial charge in [0.05, 0.1) is 10.6 Å². The number of benzene rings is 1. The van der Waals surface area contributed by atoms with Gasteiger partial charge in [0.15, 0.2) is 5.82 Å². The Balaban J connectivity index is 0.00000147. The lowest BCUT2D eigenvalue weighted by Crippen LogP contribution is -2.34. The molecule has 20 heavy (non-hydrogen) atoms. The Morgan fingerprint density at radius 3 is 2.65 bits per heavy atom. The first-order valence-electron chi connectivity index (χ1n) is 6.17. The number of hydrogen-bond acceptors (Lipinski definition) is 4. The summed E-state index contributed by atoms with van der Waals surface area (Å²) in [4.78, 5) is 4.46. The molecular formula is C13H14Cl2IN3O. The highest BCUT2D eigenvalue weighted by atomic mass is 127. The predicted molar refractivity (Wildman–Crippen MR) is 89.0 cm³/mol. The molecule has 2 N–H and O–H groups in total. The Morgan fingerprint density at radius 1 is 1.30 bits per heavy atom. The van der Waals surface area contributed by atoms with Gasteiger partial charge in [-0.2, -0.15) is 4.98 Å². The minimum Gasteiger partial charge on any atom is -0.334 e. The van der Waals surface area contributed by atoms with E-state index in [4.69, 9.17) is 21.9 Å². The van der Waals surface area contributed by atoms with Gasteiger partial charge in [-0.05, 0) is 53.6 Å². The quantitative estimate of drug-likeness (QED) is 0.734. The molecule has 0 atom stereocenters. The fraction of sp³-hybridized carbons (Fsp3) is 0.385. The number of aromatic nitrogens is 2. The summed E-state index contributed by atoms with van der Waals surface area (Å²) in [6.07, 6.45) is 4.09. The second kappa shape index (κ2) is 6.17. The van der Waals surface area contributed by atoms with Crippen molar-refractivity contribution in [1.82, 2.24) is 10.1 Å². The maximum absolute atomic E-state index is 6.32. The normalized spacial score (nSPS) is 16.9. The van der Waals surface area contributed by atoms with Crippen LogP contribution in [0.2, 0.25) is 5.02 Å². The molecule has 7 heteroatoms. The zero-order valence-electron chi connectivity index (χ0n) is 10.6. The van der Waals surface area contributed by atoms with Gasteiger partial charge >= 0.3 is 0 Å². The number of nitrogens with two attached hydrogens (primary N) is 1. The largest absolute Gasteiger partial charge is 0.334 e. The average Bonchev–Trinajstić information content (AvgIpc) is 3.02. The van der Waals surface area contributed by atoms with E-state index >= 15 is 0 Å². The number of rotatable bonds is 2. The van der Waals surface area contributed by atoms with Crippen molar-refractivity contribution in [2.45, 2.75) is 31.2 Å². The summed E-state index contributed by atoms with van der Waals surface area (Å²) < 4.78 is 6.29. The maximum Gasteiger partial charge on any atom is 0.258 e. The predicted octanol–water partition coefficient (Wildman–Crippen LogP) is 4.14. The van der Waals surface area contributed by atoms with Crippen LogP contribution in [0.15, 0.2) is 22.7 Å². The highest BCUT2D eigenvalue weighted by Crippen LogP contribution is 2.35. The standard InChI is InChI=1S/C13H13ClIN3O.ClH/c14-9-4-3-8(7-10(9)15)11-17-12(18-19-11)13(16)5-1-2-6-13;/h3-4,7H,1-2,5-6,16H2;1H. The summed E-state index contributed by atoms with van der Waals surface area (Å²) in [7, 11) is 0. The van der Waals surface area contributed by atoms with Crippen LogP contribution in [-0.4, -0.2) is 10.1 Å². The van der Waals surface area contributed by atoms with E-state index in [2.05, 4.69) is 32.7 Å². The van der Waals surface area contributed by atoms with Gasteiger partial charge < -0.3 is 10.3 Å². The molecule has 1 fully saturated rings. The highest BCUT2D eigenvalue weighted by molar-refractivity contribution is 14.1. The van der Waals surface area contributed by atoms with Crippen LogP contribution in [0.3, 0.4) is 0 Å². The van der Waals surface area contributed by atoms with E-state index in [0.717, 1.165) is 39.8 Å². The molecule has 1 aliphatic carbocycles. The van der Waals surface area contributed by atoms with Gasteiger partial charge in [0.1, 0.15) is 0 Å². The van der Waals surface area contributed by atoms with Crippen molar-refractivity contribution < 1.29 is 4.52 Å². The van der Waals surface area contributed by atoms with Crippen LogP contribution in [-0.2, 0) is 5.54 Å². The molecule has 1 aromatic carbocycles. The lowest BCUT2D eigenvalue weighted by molar-refractivity contribution is 0.372. The molecule has 1 aromatic heterocycles. The summed E-state index contributed by atoms with van der Waals surface area (Å²) in [5, 5.41) is 4.77. The first-order chi connectivity index (χ1) is 9.08. The van der Waals surface area contributed by atoms with E-state index in [-0.39, 0.29) is 12.4 Å². The molecule has 0 bridgehead atoms. The summed E-state index contributed by atoms with van der Waals surface area (Å²) >= 11 is 8.18. The Hall–Kier alpha value is -0.370. The molecule has 4 nitrogen and oxygen atoms in total. The van der Waals surface area contributed by atoms with Gasteiger partial charge in [-0.1, -0.05) is 29.6 Å². The highest BCUT2D eigenvalue weighted by Gasteiger charge is 2.36. The second-order valence-electron chi connectivity index (χ2n) is 4.92. The molecule has 2 aromatic rings. The van der Waals surface area contributed by atoms with Gasteiger partial charge in [-0.3, -0.25) is 0 Å². The van der Waals surface area contributed by atoms with Crippen LogP contribution < -0.4 is 5.73 Å². The Morgan fingerprint density at radius 2 is 2.00 bits per heavy atom. The molecule has 0 radical (unpaired) electrons. The minimum atomic E-state index is -0.415. The maximum atomic E-state index is 6.32. The van der Waals surface area contributed by atoms with E-state index < -0.39 is 5.54 Å². The van der Waals surface area contributed by atoms with Crippen molar-refractivity contribution in [2.24, 2.45) is 5.73 Å². The average molecular weight is 426 g/mol. The Kier molecular flexibility index (Phi) is 4.94. The number of nitrogens with zero attached hydrogens (tertiary/aromatic N) is 2. The molecule has 0 spiro atoms. The molecule has 0 aliphatic heterocycles. The molecule has 0 amide bonds. The van der Waals surface area contributed by atoms with E-state index in [1.807, 2.05) is 18.2 Å². The third-order valence-electron chi connectivity index (χ3n) is 3.53. The smallest absolute Gasteiger partial charge is 0.258 e. The molecular weight excluding hydrogens is 412 g/mol. The third-order valence-corrected chi connectivity index (χ3v) is 5.07. The van der Waals surface area contributed by atoms with Crippen LogP contribution in [0, 0.1) is 3.57 Å². The van der Waals surface area contributed by atoms with Crippen molar-refractivity contribution in [3.8, 4) is 11.5 Å². The molecule has 3 rings (SSSR count). The van der Waals surface area contributed by atoms with Gasteiger partial charge in [-0.15, -0.1) is 12.4 Å². The molecule has 108 valence electrons. The van der Waals surface area contributed by atoms with Gasteiger partial charge in [0.2, 0.25) is 0 Å². The number of hydrogen-bond donors (Lipinski definition) is 1. The first-order valence-corrected chi connectivity index (χ1v) is 7.63. The van der Waals surface area contributed by atoms with E-state index in [9.17, 15) is 0 Å². The van der Waals surface area contributed by atoms with E-state index in [1.165, 1.54) is 0 Å². The van der Waals surface area contributed by atoms with Crippen LogP contribution in [0.4, 0.5) is 0 Å². The summed E-state index contributed by atoms with van der Waals surface area (Å²) in [6.45, 7) is 0. The summed E-state index contributed by atoms with van der Waals surface area (Å²) in [5.74, 6) is 1.12. The molecule has 1 saturated carbocycles. The van der Waals surface area contributed by atoms with Crippen molar-refractivity contribution in [1.29, 1.82) is 0 Å². The zero-order chi connectivity index (χ0) is 13.5. The molecule has 0 saturated heterocycles.